The fourth-order valence-electron chi connectivity index (χ4n) is 2.85. The minimum absolute atomic E-state index is 0.268. The van der Waals surface area contributed by atoms with Gasteiger partial charge in [-0.2, -0.15) is 5.10 Å². The van der Waals surface area contributed by atoms with E-state index in [-0.39, 0.29) is 5.91 Å². The van der Waals surface area contributed by atoms with Gasteiger partial charge in [0.05, 0.1) is 11.4 Å². The fourth-order valence-corrected chi connectivity index (χ4v) is 2.85. The zero-order valence-corrected chi connectivity index (χ0v) is 14.3. The van der Waals surface area contributed by atoms with Gasteiger partial charge >= 0.3 is 0 Å². The maximum atomic E-state index is 12.5. The van der Waals surface area contributed by atoms with Crippen LogP contribution in [0.3, 0.4) is 0 Å². The molecule has 2 aromatic heterocycles. The number of carbonyl (C=O) groups is 1. The van der Waals surface area contributed by atoms with Crippen LogP contribution in [0.25, 0.3) is 5.65 Å². The van der Waals surface area contributed by atoms with E-state index in [4.69, 9.17) is 0 Å². The van der Waals surface area contributed by atoms with Crippen LogP contribution in [0.5, 0.6) is 0 Å². The second-order valence-electron chi connectivity index (χ2n) is 5.93. The molecule has 0 radical (unpaired) electrons. The van der Waals surface area contributed by atoms with E-state index in [0.717, 1.165) is 22.5 Å². The van der Waals surface area contributed by atoms with Crippen LogP contribution in [-0.2, 0) is 0 Å². The molecule has 122 valence electrons. The number of rotatable bonds is 3. The molecule has 3 aromatic rings. The number of carbonyl (C=O) groups excluding carboxylic acids is 1. The Morgan fingerprint density at radius 1 is 1.17 bits per heavy atom. The summed E-state index contributed by atoms with van der Waals surface area (Å²) in [4.78, 5) is 16.9. The summed E-state index contributed by atoms with van der Waals surface area (Å²) in [5.41, 5.74) is 8.71. The Labute approximate surface area is 141 Å². The molecule has 0 spiro atoms. The van der Waals surface area contributed by atoms with Gasteiger partial charge in [0, 0.05) is 11.8 Å². The van der Waals surface area contributed by atoms with Crippen molar-refractivity contribution in [1.29, 1.82) is 0 Å². The van der Waals surface area contributed by atoms with Crippen molar-refractivity contribution in [3.63, 3.8) is 0 Å². The van der Waals surface area contributed by atoms with E-state index in [0.29, 0.717) is 11.4 Å². The van der Waals surface area contributed by atoms with Crippen LogP contribution in [0.15, 0.2) is 47.7 Å². The van der Waals surface area contributed by atoms with Gasteiger partial charge in [0.2, 0.25) is 0 Å². The molecule has 5 nitrogen and oxygen atoms in total. The third-order valence-corrected chi connectivity index (χ3v) is 4.02. The molecule has 1 amide bonds. The monoisotopic (exact) mass is 320 g/mol. The molecule has 0 saturated carbocycles. The van der Waals surface area contributed by atoms with Crippen LogP contribution in [0.1, 0.15) is 39.8 Å². The van der Waals surface area contributed by atoms with Gasteiger partial charge in [0.25, 0.3) is 5.91 Å². The van der Waals surface area contributed by atoms with Crippen molar-refractivity contribution >= 4 is 17.3 Å². The number of amides is 1. The highest BCUT2D eigenvalue weighted by molar-refractivity contribution is 6.01. The van der Waals surface area contributed by atoms with Gasteiger partial charge in [-0.25, -0.2) is 10.4 Å². The van der Waals surface area contributed by atoms with Gasteiger partial charge in [-0.1, -0.05) is 29.8 Å². The van der Waals surface area contributed by atoms with Crippen LogP contribution >= 0.6 is 0 Å². The van der Waals surface area contributed by atoms with Crippen molar-refractivity contribution in [3.8, 4) is 0 Å². The van der Waals surface area contributed by atoms with E-state index < -0.39 is 0 Å². The Hall–Kier alpha value is -2.95. The zero-order chi connectivity index (χ0) is 17.3. The van der Waals surface area contributed by atoms with Crippen LogP contribution in [0, 0.1) is 20.8 Å². The van der Waals surface area contributed by atoms with Gasteiger partial charge in [0.15, 0.2) is 0 Å². The molecule has 1 aromatic carbocycles. The third-order valence-electron chi connectivity index (χ3n) is 4.02. The molecule has 0 aliphatic carbocycles. The lowest BCUT2D eigenvalue weighted by atomic mass is 10.0. The molecule has 0 fully saturated rings. The quantitative estimate of drug-likeness (QED) is 0.594. The molecule has 5 heteroatoms. The minimum atomic E-state index is -0.268. The number of hydrazone groups is 1. The van der Waals surface area contributed by atoms with Crippen molar-refractivity contribution in [1.82, 2.24) is 14.8 Å². The Bertz CT molecular complexity index is 953. The Morgan fingerprint density at radius 2 is 1.96 bits per heavy atom. The number of benzene rings is 1. The molecule has 2 heterocycles. The Kier molecular flexibility index (Phi) is 4.16. The van der Waals surface area contributed by atoms with E-state index in [9.17, 15) is 4.79 Å². The fraction of sp³-hybridized carbons (Fsp3) is 0.211. The van der Waals surface area contributed by atoms with Crippen molar-refractivity contribution in [2.45, 2.75) is 27.7 Å². The summed E-state index contributed by atoms with van der Waals surface area (Å²) >= 11 is 0. The number of aromatic nitrogens is 2. The SMILES string of the molecule is C/C(=N/NC(=O)c1c(C)nc2ccccn12)c1ccc(C)cc1C. The average Bonchev–Trinajstić information content (AvgIpc) is 2.88. The molecule has 24 heavy (non-hydrogen) atoms. The number of hydrogen-bond donors (Lipinski definition) is 1. The highest BCUT2D eigenvalue weighted by Gasteiger charge is 2.16. The van der Waals surface area contributed by atoms with Crippen molar-refractivity contribution in [2.75, 3.05) is 0 Å². The van der Waals surface area contributed by atoms with Crippen LogP contribution < -0.4 is 5.43 Å². The van der Waals surface area contributed by atoms with Gasteiger partial charge < -0.3 is 0 Å². The molecular formula is C19H20N4O. The van der Waals surface area contributed by atoms with Crippen molar-refractivity contribution in [2.24, 2.45) is 5.10 Å². The summed E-state index contributed by atoms with van der Waals surface area (Å²) < 4.78 is 1.77. The maximum Gasteiger partial charge on any atom is 0.290 e. The van der Waals surface area contributed by atoms with E-state index in [2.05, 4.69) is 28.5 Å². The number of aryl methyl sites for hydroxylation is 3. The number of pyridine rings is 1. The molecule has 1 N–H and O–H groups in total. The molecule has 0 bridgehead atoms. The largest absolute Gasteiger partial charge is 0.295 e. The van der Waals surface area contributed by atoms with E-state index in [1.54, 1.807) is 4.40 Å². The number of imidazole rings is 1. The molecule has 0 aliphatic rings. The van der Waals surface area contributed by atoms with Crippen LogP contribution in [0.2, 0.25) is 0 Å². The highest BCUT2D eigenvalue weighted by atomic mass is 16.2. The van der Waals surface area contributed by atoms with Crippen LogP contribution in [-0.4, -0.2) is 21.0 Å². The minimum Gasteiger partial charge on any atom is -0.295 e. The first-order valence-electron chi connectivity index (χ1n) is 7.83. The van der Waals surface area contributed by atoms with Crippen molar-refractivity contribution < 1.29 is 4.79 Å². The summed E-state index contributed by atoms with van der Waals surface area (Å²) in [7, 11) is 0. The predicted octanol–water partition coefficient (Wildman–Crippen LogP) is 3.41. The lowest BCUT2D eigenvalue weighted by Crippen LogP contribution is -2.22. The van der Waals surface area contributed by atoms with E-state index in [1.165, 1.54) is 5.56 Å². The molecule has 3 rings (SSSR count). The number of nitrogens with zero attached hydrogens (tertiary/aromatic N) is 3. The van der Waals surface area contributed by atoms with Crippen molar-refractivity contribution in [3.05, 3.63) is 70.7 Å². The van der Waals surface area contributed by atoms with E-state index in [1.807, 2.05) is 57.3 Å². The highest BCUT2D eigenvalue weighted by Crippen LogP contribution is 2.13. The summed E-state index contributed by atoms with van der Waals surface area (Å²) in [5.74, 6) is -0.268. The lowest BCUT2D eigenvalue weighted by Gasteiger charge is -2.07. The summed E-state index contributed by atoms with van der Waals surface area (Å²) in [5, 5.41) is 4.26. The standard InChI is InChI=1S/C19H20N4O/c1-12-8-9-16(13(2)11-12)14(3)21-22-19(24)18-15(4)20-17-7-5-6-10-23(17)18/h5-11H,1-4H3,(H,22,24)/b21-14-. The molecule has 0 aliphatic heterocycles. The Balaban J connectivity index is 1.87. The number of fused-ring (bicyclic) bond motifs is 1. The zero-order valence-electron chi connectivity index (χ0n) is 14.3. The first-order valence-corrected chi connectivity index (χ1v) is 7.83. The maximum absolute atomic E-state index is 12.5. The molecule has 0 saturated heterocycles. The smallest absolute Gasteiger partial charge is 0.290 e. The first-order chi connectivity index (χ1) is 11.5. The average molecular weight is 320 g/mol. The topological polar surface area (TPSA) is 58.8 Å². The number of hydrogen-bond acceptors (Lipinski definition) is 3. The number of nitrogens with one attached hydrogen (secondary N) is 1. The normalized spacial score (nSPS) is 11.8. The first kappa shape index (κ1) is 15.9. The van der Waals surface area contributed by atoms with E-state index >= 15 is 0 Å². The summed E-state index contributed by atoms with van der Waals surface area (Å²) in [6.07, 6.45) is 1.82. The van der Waals surface area contributed by atoms with Gasteiger partial charge in [-0.3, -0.25) is 9.20 Å². The molecular weight excluding hydrogens is 300 g/mol. The third kappa shape index (κ3) is 2.93. The summed E-state index contributed by atoms with van der Waals surface area (Å²) in [6.45, 7) is 7.80. The second kappa shape index (κ2) is 6.28. The molecule has 0 atom stereocenters. The second-order valence-corrected chi connectivity index (χ2v) is 5.93. The molecule has 0 unspecified atom stereocenters. The van der Waals surface area contributed by atoms with Gasteiger partial charge in [0.1, 0.15) is 11.3 Å². The Morgan fingerprint density at radius 3 is 2.71 bits per heavy atom. The van der Waals surface area contributed by atoms with Crippen LogP contribution in [0.4, 0.5) is 0 Å². The van der Waals surface area contributed by atoms with Gasteiger partial charge in [-0.15, -0.1) is 0 Å². The van der Waals surface area contributed by atoms with Gasteiger partial charge in [-0.05, 0) is 45.4 Å². The predicted molar refractivity (Wildman–Crippen MR) is 95.5 cm³/mol. The lowest BCUT2D eigenvalue weighted by molar-refractivity contribution is 0.0948. The summed E-state index contributed by atoms with van der Waals surface area (Å²) in [6, 6.07) is 11.8.